The average molecular weight is 403 g/mol. The molecule has 3 rings (SSSR count). The molecular weight excluding hydrogens is 397 g/mol. The van der Waals surface area contributed by atoms with Gasteiger partial charge in [-0.2, -0.15) is 5.10 Å². The first kappa shape index (κ1) is 16.2. The van der Waals surface area contributed by atoms with Crippen molar-refractivity contribution in [3.8, 4) is 11.4 Å². The monoisotopic (exact) mass is 402 g/mol. The molecule has 1 aromatic carbocycles. The van der Waals surface area contributed by atoms with E-state index >= 15 is 0 Å². The largest absolute Gasteiger partial charge is 0.573 e. The zero-order valence-electron chi connectivity index (χ0n) is 11.5. The van der Waals surface area contributed by atoms with Gasteiger partial charge in [0.2, 0.25) is 0 Å². The molecule has 0 spiro atoms. The van der Waals surface area contributed by atoms with Crippen molar-refractivity contribution in [2.24, 2.45) is 0 Å². The van der Waals surface area contributed by atoms with Gasteiger partial charge in [0, 0.05) is 6.07 Å². The van der Waals surface area contributed by atoms with Crippen LogP contribution in [-0.2, 0) is 0 Å². The third-order valence-electron chi connectivity index (χ3n) is 2.99. The molecule has 2 aromatic heterocycles. The Hall–Kier alpha value is -2.69. The molecule has 3 aromatic rings. The van der Waals surface area contributed by atoms with Crippen LogP contribution in [0.15, 0.2) is 41.1 Å². The molecule has 0 amide bonds. The number of aromatic nitrogens is 3. The van der Waals surface area contributed by atoms with Crippen molar-refractivity contribution in [1.82, 2.24) is 14.8 Å². The van der Waals surface area contributed by atoms with Gasteiger partial charge in [-0.1, -0.05) is 0 Å². The van der Waals surface area contributed by atoms with E-state index in [0.29, 0.717) is 21.3 Å². The number of nitro groups is 1. The van der Waals surface area contributed by atoms with Gasteiger partial charge in [-0.05, 0) is 40.2 Å². The Labute approximate surface area is 139 Å². The highest BCUT2D eigenvalue weighted by Crippen LogP contribution is 2.29. The van der Waals surface area contributed by atoms with Crippen LogP contribution in [0.2, 0.25) is 0 Å². The van der Waals surface area contributed by atoms with Crippen LogP contribution < -0.4 is 4.74 Å². The summed E-state index contributed by atoms with van der Waals surface area (Å²) in [6, 6.07) is 6.30. The molecule has 11 heteroatoms. The van der Waals surface area contributed by atoms with Crippen LogP contribution in [0.4, 0.5) is 18.9 Å². The Bertz CT molecular complexity index is 925. The number of halogens is 4. The Morgan fingerprint density at radius 1 is 1.25 bits per heavy atom. The van der Waals surface area contributed by atoms with E-state index in [2.05, 4.69) is 30.7 Å². The molecule has 0 aliphatic heterocycles. The van der Waals surface area contributed by atoms with Crippen LogP contribution in [0.25, 0.3) is 16.7 Å². The van der Waals surface area contributed by atoms with E-state index in [1.54, 1.807) is 0 Å². The lowest BCUT2D eigenvalue weighted by Crippen LogP contribution is -2.17. The van der Waals surface area contributed by atoms with Crippen molar-refractivity contribution in [3.05, 3.63) is 51.2 Å². The summed E-state index contributed by atoms with van der Waals surface area (Å²) < 4.78 is 42.0. The minimum absolute atomic E-state index is 0.198. The second-order valence-corrected chi connectivity index (χ2v) is 5.32. The second-order valence-electron chi connectivity index (χ2n) is 4.57. The number of hydrogen-bond acceptors (Lipinski definition) is 5. The fourth-order valence-corrected chi connectivity index (χ4v) is 2.48. The van der Waals surface area contributed by atoms with Crippen molar-refractivity contribution >= 4 is 32.7 Å². The highest BCUT2D eigenvalue weighted by molar-refractivity contribution is 9.10. The van der Waals surface area contributed by atoms with Gasteiger partial charge >= 0.3 is 6.36 Å². The van der Waals surface area contributed by atoms with Gasteiger partial charge < -0.3 is 4.74 Å². The summed E-state index contributed by atoms with van der Waals surface area (Å²) in [5.74, 6) is -0.370. The number of rotatable bonds is 3. The first-order valence-corrected chi connectivity index (χ1v) is 7.09. The van der Waals surface area contributed by atoms with Crippen LogP contribution in [-0.4, -0.2) is 26.1 Å². The quantitative estimate of drug-likeness (QED) is 0.488. The molecule has 0 radical (unpaired) electrons. The summed E-state index contributed by atoms with van der Waals surface area (Å²) in [6.07, 6.45) is -3.70. The molecule has 0 saturated heterocycles. The zero-order valence-corrected chi connectivity index (χ0v) is 13.1. The van der Waals surface area contributed by atoms with Crippen molar-refractivity contribution in [2.45, 2.75) is 6.36 Å². The number of nitrogens with zero attached hydrogens (tertiary/aromatic N) is 4. The maximum absolute atomic E-state index is 12.2. The van der Waals surface area contributed by atoms with E-state index in [1.165, 1.54) is 22.9 Å². The summed E-state index contributed by atoms with van der Waals surface area (Å²) in [7, 11) is 0. The van der Waals surface area contributed by atoms with Crippen molar-refractivity contribution in [1.29, 1.82) is 0 Å². The van der Waals surface area contributed by atoms with Gasteiger partial charge in [-0.15, -0.1) is 13.2 Å². The number of alkyl halides is 3. The van der Waals surface area contributed by atoms with E-state index in [1.807, 2.05) is 0 Å². The normalized spacial score (nSPS) is 11.7. The van der Waals surface area contributed by atoms with Gasteiger partial charge in [-0.3, -0.25) is 10.1 Å². The van der Waals surface area contributed by atoms with Gasteiger partial charge in [0.05, 0.1) is 16.0 Å². The molecule has 0 fully saturated rings. The highest BCUT2D eigenvalue weighted by atomic mass is 79.9. The number of ether oxygens (including phenoxy) is 1. The second kappa shape index (κ2) is 5.74. The van der Waals surface area contributed by atoms with Gasteiger partial charge in [0.15, 0.2) is 5.65 Å². The minimum Gasteiger partial charge on any atom is -0.406 e. The molecule has 24 heavy (non-hydrogen) atoms. The van der Waals surface area contributed by atoms with Gasteiger partial charge in [0.1, 0.15) is 16.5 Å². The fraction of sp³-hybridized carbons (Fsp3) is 0.0769. The molecule has 2 heterocycles. The van der Waals surface area contributed by atoms with Crippen LogP contribution >= 0.6 is 15.9 Å². The third-order valence-corrected chi connectivity index (χ3v) is 3.57. The lowest BCUT2D eigenvalue weighted by molar-refractivity contribution is -0.385. The molecule has 7 nitrogen and oxygen atoms in total. The first-order valence-electron chi connectivity index (χ1n) is 6.29. The number of pyridine rings is 1. The van der Waals surface area contributed by atoms with E-state index in [9.17, 15) is 23.3 Å². The standard InChI is InChI=1S/C13H6BrF3N4O3/c14-11-10-5-8(21(22)23)6-18-12(10)20(19-11)7-1-3-9(4-2-7)24-13(15,16)17/h1-6H. The molecule has 0 aliphatic rings. The zero-order chi connectivity index (χ0) is 17.5. The van der Waals surface area contributed by atoms with E-state index < -0.39 is 11.3 Å². The fourth-order valence-electron chi connectivity index (χ4n) is 2.03. The molecule has 0 atom stereocenters. The van der Waals surface area contributed by atoms with Crippen molar-refractivity contribution < 1.29 is 22.8 Å². The smallest absolute Gasteiger partial charge is 0.406 e. The molecule has 0 N–H and O–H groups in total. The van der Waals surface area contributed by atoms with E-state index in [4.69, 9.17) is 0 Å². The van der Waals surface area contributed by atoms with Crippen LogP contribution in [0.1, 0.15) is 0 Å². The lowest BCUT2D eigenvalue weighted by atomic mass is 10.3. The topological polar surface area (TPSA) is 83.1 Å². The highest BCUT2D eigenvalue weighted by Gasteiger charge is 2.31. The third kappa shape index (κ3) is 3.15. The van der Waals surface area contributed by atoms with Crippen LogP contribution in [0.3, 0.4) is 0 Å². The maximum Gasteiger partial charge on any atom is 0.573 e. The SMILES string of the molecule is O=[N+]([O-])c1cnc2c(c1)c(Br)nn2-c1ccc(OC(F)(F)F)cc1. The molecule has 0 aliphatic carbocycles. The van der Waals surface area contributed by atoms with E-state index in [0.717, 1.165) is 18.3 Å². The predicted octanol–water partition coefficient (Wildman–Crippen LogP) is 3.99. The molecule has 124 valence electrons. The predicted molar refractivity (Wildman–Crippen MR) is 79.9 cm³/mol. The molecule has 0 bridgehead atoms. The molecular formula is C13H6BrF3N4O3. The average Bonchev–Trinajstić information content (AvgIpc) is 2.83. The van der Waals surface area contributed by atoms with Gasteiger partial charge in [0.25, 0.3) is 5.69 Å². The van der Waals surface area contributed by atoms with Crippen LogP contribution in [0.5, 0.6) is 5.75 Å². The Morgan fingerprint density at radius 2 is 1.92 bits per heavy atom. The first-order chi connectivity index (χ1) is 11.2. The Morgan fingerprint density at radius 3 is 2.50 bits per heavy atom. The summed E-state index contributed by atoms with van der Waals surface area (Å²) in [4.78, 5) is 14.2. The molecule has 0 unspecified atom stereocenters. The van der Waals surface area contributed by atoms with Gasteiger partial charge in [-0.25, -0.2) is 9.67 Å². The summed E-state index contributed by atoms with van der Waals surface area (Å²) in [6.45, 7) is 0. The minimum atomic E-state index is -4.77. The Balaban J connectivity index is 2.02. The van der Waals surface area contributed by atoms with Crippen molar-refractivity contribution in [2.75, 3.05) is 0 Å². The lowest BCUT2D eigenvalue weighted by Gasteiger charge is -2.09. The van der Waals surface area contributed by atoms with E-state index in [-0.39, 0.29) is 11.4 Å². The van der Waals surface area contributed by atoms with Crippen molar-refractivity contribution in [3.63, 3.8) is 0 Å². The summed E-state index contributed by atoms with van der Waals surface area (Å²) in [5.41, 5.74) is 0.537. The Kier molecular flexibility index (Phi) is 3.87. The molecule has 0 saturated carbocycles. The summed E-state index contributed by atoms with van der Waals surface area (Å²) in [5, 5.41) is 15.4. The maximum atomic E-state index is 12.2. The number of fused-ring (bicyclic) bond motifs is 1. The summed E-state index contributed by atoms with van der Waals surface area (Å²) >= 11 is 3.18. The number of benzene rings is 1. The van der Waals surface area contributed by atoms with Crippen LogP contribution in [0, 0.1) is 10.1 Å². The number of hydrogen-bond donors (Lipinski definition) is 0.